The Hall–Kier alpha value is -4.04. The van der Waals surface area contributed by atoms with Crippen LogP contribution in [0, 0.1) is 10.3 Å². The number of para-hydroxylation sites is 1. The molecule has 0 bridgehead atoms. The molecule has 44 heavy (non-hydrogen) atoms. The Labute approximate surface area is 258 Å². The normalized spacial score (nSPS) is 19.2. The first-order valence-corrected chi connectivity index (χ1v) is 16.2. The molecule has 230 valence electrons. The quantitative estimate of drug-likeness (QED) is 0.140. The van der Waals surface area contributed by atoms with Crippen molar-refractivity contribution in [2.24, 2.45) is 10.6 Å². The van der Waals surface area contributed by atoms with Gasteiger partial charge in [-0.25, -0.2) is 4.79 Å². The number of nitrogens with one attached hydrogen (secondary N) is 1. The number of nitroso groups, excluding NO2 is 1. The van der Waals surface area contributed by atoms with E-state index < -0.39 is 19.5 Å². The summed E-state index contributed by atoms with van der Waals surface area (Å²) in [5, 5.41) is 6.63. The van der Waals surface area contributed by atoms with Crippen LogP contribution in [0.2, 0.25) is 0 Å². The van der Waals surface area contributed by atoms with Crippen LogP contribution in [0.3, 0.4) is 0 Å². The van der Waals surface area contributed by atoms with Crippen LogP contribution in [-0.4, -0.2) is 32.3 Å². The summed E-state index contributed by atoms with van der Waals surface area (Å²) in [5.41, 5.74) is 3.96. The summed E-state index contributed by atoms with van der Waals surface area (Å²) < 4.78 is 32.2. The van der Waals surface area contributed by atoms with Crippen molar-refractivity contribution in [3.8, 4) is 0 Å². The number of hydrogen-bond acceptors (Lipinski definition) is 9. The smallest absolute Gasteiger partial charge is 0.360 e. The zero-order valence-electron chi connectivity index (χ0n) is 25.5. The zero-order chi connectivity index (χ0) is 31.3. The molecule has 0 amide bonds. The summed E-state index contributed by atoms with van der Waals surface area (Å²) in [7, 11) is -3.84. The molecule has 1 saturated heterocycles. The molecule has 2 heterocycles. The number of rotatable bonds is 10. The highest BCUT2D eigenvalue weighted by atomic mass is 31.2. The average Bonchev–Trinajstić information content (AvgIpc) is 3.02. The Kier molecular flexibility index (Phi) is 9.49. The SMILES string of the molecule is CC1=C(C(=O)OCCN(Cc2ccccc2)c2ccccc2)C(c2cccc(N=O)c2)C(P2(=O)OCC(C)(C)CO2)=C(C)N1. The molecule has 1 N–H and O–H groups in total. The summed E-state index contributed by atoms with van der Waals surface area (Å²) in [6.07, 6.45) is 0. The van der Waals surface area contributed by atoms with Crippen molar-refractivity contribution in [3.05, 3.63) is 123 Å². The second-order valence-corrected chi connectivity index (χ2v) is 13.9. The first kappa shape index (κ1) is 31.4. The van der Waals surface area contributed by atoms with E-state index in [0.29, 0.717) is 35.4 Å². The van der Waals surface area contributed by atoms with Gasteiger partial charge in [0.1, 0.15) is 12.3 Å². The number of benzene rings is 3. The Morgan fingerprint density at radius 3 is 2.30 bits per heavy atom. The fourth-order valence-corrected chi connectivity index (χ4v) is 7.96. The summed E-state index contributed by atoms with van der Waals surface area (Å²) in [6, 6.07) is 26.7. The van der Waals surface area contributed by atoms with Crippen LogP contribution in [0.1, 0.15) is 44.7 Å². The van der Waals surface area contributed by atoms with Crippen molar-refractivity contribution in [1.82, 2.24) is 5.32 Å². The lowest BCUT2D eigenvalue weighted by Gasteiger charge is -2.39. The van der Waals surface area contributed by atoms with E-state index in [1.807, 2.05) is 62.4 Å². The first-order chi connectivity index (χ1) is 21.1. The molecule has 5 rings (SSSR count). The molecule has 1 unspecified atom stereocenters. The van der Waals surface area contributed by atoms with E-state index in [2.05, 4.69) is 27.5 Å². The molecular formula is C34H38N3O6P. The van der Waals surface area contributed by atoms with Crippen molar-refractivity contribution >= 4 is 24.9 Å². The third-order valence-corrected chi connectivity index (χ3v) is 9.85. The van der Waals surface area contributed by atoms with Crippen LogP contribution in [0.15, 0.2) is 112 Å². The van der Waals surface area contributed by atoms with Gasteiger partial charge in [-0.3, -0.25) is 4.57 Å². The second kappa shape index (κ2) is 13.3. The maximum Gasteiger partial charge on any atom is 0.360 e. The summed E-state index contributed by atoms with van der Waals surface area (Å²) in [6.45, 7) is 9.14. The molecule has 0 radical (unpaired) electrons. The van der Waals surface area contributed by atoms with Crippen LogP contribution >= 0.6 is 7.60 Å². The van der Waals surface area contributed by atoms with Crippen molar-refractivity contribution in [2.75, 3.05) is 31.3 Å². The van der Waals surface area contributed by atoms with E-state index in [1.165, 1.54) is 0 Å². The van der Waals surface area contributed by atoms with E-state index >= 15 is 0 Å². The molecule has 0 aliphatic carbocycles. The summed E-state index contributed by atoms with van der Waals surface area (Å²) in [4.78, 5) is 27.6. The maximum absolute atomic E-state index is 14.3. The van der Waals surface area contributed by atoms with Gasteiger partial charge in [-0.2, -0.15) is 0 Å². The monoisotopic (exact) mass is 615 g/mol. The Morgan fingerprint density at radius 1 is 0.977 bits per heavy atom. The number of nitrogens with zero attached hydrogens (tertiary/aromatic N) is 2. The van der Waals surface area contributed by atoms with E-state index in [1.54, 1.807) is 38.1 Å². The highest BCUT2D eigenvalue weighted by Gasteiger charge is 2.48. The topological polar surface area (TPSA) is 107 Å². The number of carbonyl (C=O) groups is 1. The lowest BCUT2D eigenvalue weighted by atomic mass is 9.86. The molecule has 3 aromatic carbocycles. The van der Waals surface area contributed by atoms with Gasteiger partial charge in [0.15, 0.2) is 0 Å². The van der Waals surface area contributed by atoms with Gasteiger partial charge in [-0.1, -0.05) is 74.5 Å². The highest BCUT2D eigenvalue weighted by molar-refractivity contribution is 7.58. The van der Waals surface area contributed by atoms with Crippen LogP contribution in [0.25, 0.3) is 0 Å². The van der Waals surface area contributed by atoms with Crippen molar-refractivity contribution < 1.29 is 23.1 Å². The largest absolute Gasteiger partial charge is 0.460 e. The van der Waals surface area contributed by atoms with E-state index in [0.717, 1.165) is 11.3 Å². The van der Waals surface area contributed by atoms with E-state index in [9.17, 15) is 14.3 Å². The minimum Gasteiger partial charge on any atom is -0.460 e. The third-order valence-electron chi connectivity index (χ3n) is 7.73. The van der Waals surface area contributed by atoms with Gasteiger partial charge in [0.05, 0.1) is 36.6 Å². The van der Waals surface area contributed by atoms with E-state index in [-0.39, 0.29) is 36.5 Å². The van der Waals surface area contributed by atoms with Gasteiger partial charge in [0.25, 0.3) is 0 Å². The molecular weight excluding hydrogens is 577 g/mol. The molecule has 0 saturated carbocycles. The number of hydrogen-bond donors (Lipinski definition) is 1. The average molecular weight is 616 g/mol. The fourth-order valence-electron chi connectivity index (χ4n) is 5.51. The molecule has 2 aliphatic rings. The standard InChI is InChI=1S/C34H38N3O6P/c1-24-30(33(38)41-19-18-37(29-16-9-6-10-17-29)21-26-12-7-5-8-13-26)31(27-14-11-15-28(20-27)36-39)32(25(2)35-24)44(40)42-22-34(3,4)23-43-44/h5-17,20,31,35H,18-19,21-23H2,1-4H3. The Bertz CT molecular complexity index is 1610. The van der Waals surface area contributed by atoms with Gasteiger partial charge < -0.3 is 24.0 Å². The number of allylic oxidation sites excluding steroid dienone is 3. The number of anilines is 1. The van der Waals surface area contributed by atoms with Gasteiger partial charge in [-0.15, -0.1) is 4.91 Å². The number of ether oxygens (including phenoxy) is 1. The van der Waals surface area contributed by atoms with Crippen LogP contribution in [0.4, 0.5) is 11.4 Å². The lowest BCUT2D eigenvalue weighted by molar-refractivity contribution is -0.139. The van der Waals surface area contributed by atoms with Gasteiger partial charge in [0, 0.05) is 29.0 Å². The van der Waals surface area contributed by atoms with Crippen LogP contribution < -0.4 is 10.2 Å². The fraction of sp³-hybridized carbons (Fsp3) is 0.324. The summed E-state index contributed by atoms with van der Waals surface area (Å²) >= 11 is 0. The van der Waals surface area contributed by atoms with Gasteiger partial charge in [0.2, 0.25) is 0 Å². The maximum atomic E-state index is 14.3. The molecule has 1 fully saturated rings. The second-order valence-electron chi connectivity index (χ2n) is 11.9. The molecule has 0 spiro atoms. The van der Waals surface area contributed by atoms with E-state index in [4.69, 9.17) is 13.8 Å². The highest BCUT2D eigenvalue weighted by Crippen LogP contribution is 2.66. The van der Waals surface area contributed by atoms with Gasteiger partial charge in [-0.05, 0) is 54.4 Å². The minimum absolute atomic E-state index is 0.108. The molecule has 2 aliphatic heterocycles. The van der Waals surface area contributed by atoms with Crippen molar-refractivity contribution in [1.29, 1.82) is 0 Å². The zero-order valence-corrected chi connectivity index (χ0v) is 26.4. The third kappa shape index (κ3) is 7.02. The predicted octanol–water partition coefficient (Wildman–Crippen LogP) is 7.79. The predicted molar refractivity (Wildman–Crippen MR) is 171 cm³/mol. The Balaban J connectivity index is 1.43. The number of carbonyl (C=O) groups excluding carboxylic acids is 1. The first-order valence-electron chi connectivity index (χ1n) is 14.6. The lowest BCUT2D eigenvalue weighted by Crippen LogP contribution is -2.34. The van der Waals surface area contributed by atoms with Gasteiger partial charge >= 0.3 is 13.6 Å². The van der Waals surface area contributed by atoms with Crippen molar-refractivity contribution in [2.45, 2.75) is 40.2 Å². The van der Waals surface area contributed by atoms with Crippen LogP contribution in [-0.2, 0) is 29.7 Å². The number of dihydropyridines is 1. The van der Waals surface area contributed by atoms with Crippen LogP contribution in [0.5, 0.6) is 0 Å². The molecule has 3 aromatic rings. The Morgan fingerprint density at radius 2 is 1.64 bits per heavy atom. The molecule has 0 aromatic heterocycles. The molecule has 10 heteroatoms. The molecule has 1 atom stereocenters. The van der Waals surface area contributed by atoms with Crippen molar-refractivity contribution in [3.63, 3.8) is 0 Å². The number of esters is 1. The molecule has 9 nitrogen and oxygen atoms in total. The summed E-state index contributed by atoms with van der Waals surface area (Å²) in [5.74, 6) is -1.40. The minimum atomic E-state index is -3.84.